The van der Waals surface area contributed by atoms with Crippen LogP contribution in [0.5, 0.6) is 5.75 Å². The summed E-state index contributed by atoms with van der Waals surface area (Å²) in [5.74, 6) is 1.48. The lowest BCUT2D eigenvalue weighted by molar-refractivity contribution is -0.122. The Balaban J connectivity index is 1.45. The smallest absolute Gasteiger partial charge is 0.252 e. The van der Waals surface area contributed by atoms with Crippen LogP contribution in [-0.4, -0.2) is 32.1 Å². The number of nitrogens with zero attached hydrogens (tertiary/aromatic N) is 4. The minimum Gasteiger partial charge on any atom is -0.493 e. The molecule has 4 rings (SSSR count). The Morgan fingerprint density at radius 2 is 2.19 bits per heavy atom. The maximum absolute atomic E-state index is 12.5. The molecule has 1 aromatic carbocycles. The average molecular weight is 351 g/mol. The van der Waals surface area contributed by atoms with Crippen molar-refractivity contribution < 1.29 is 9.53 Å². The Kier molecular flexibility index (Phi) is 4.28. The first-order chi connectivity index (χ1) is 12.6. The van der Waals surface area contributed by atoms with Gasteiger partial charge in [-0.05, 0) is 31.9 Å². The first-order valence-electron chi connectivity index (χ1n) is 8.80. The third-order valence-corrected chi connectivity index (χ3v) is 4.88. The molecule has 2 aromatic heterocycles. The van der Waals surface area contributed by atoms with Gasteiger partial charge >= 0.3 is 0 Å². The molecule has 0 saturated carbocycles. The van der Waals surface area contributed by atoms with Crippen LogP contribution in [0.15, 0.2) is 30.6 Å². The Labute approximate surface area is 151 Å². The first-order valence-corrected chi connectivity index (χ1v) is 8.80. The summed E-state index contributed by atoms with van der Waals surface area (Å²) >= 11 is 0. The van der Waals surface area contributed by atoms with E-state index in [1.807, 2.05) is 38.1 Å². The second kappa shape index (κ2) is 6.74. The number of nitrogens with one attached hydrogen (secondary N) is 1. The van der Waals surface area contributed by atoms with Gasteiger partial charge in [0.15, 0.2) is 0 Å². The number of fused-ring (bicyclic) bond motifs is 2. The zero-order valence-electron chi connectivity index (χ0n) is 14.9. The predicted octanol–water partition coefficient (Wildman–Crippen LogP) is 2.31. The highest BCUT2D eigenvalue weighted by Crippen LogP contribution is 2.31. The molecule has 0 unspecified atom stereocenters. The first kappa shape index (κ1) is 16.5. The Morgan fingerprint density at radius 3 is 3.08 bits per heavy atom. The largest absolute Gasteiger partial charge is 0.493 e. The number of carbonyl (C=O) groups excluding carboxylic acids is 1. The van der Waals surface area contributed by atoms with E-state index in [1.165, 1.54) is 6.33 Å². The Morgan fingerprint density at radius 1 is 1.35 bits per heavy atom. The summed E-state index contributed by atoms with van der Waals surface area (Å²) in [6.45, 7) is 4.55. The zero-order valence-corrected chi connectivity index (χ0v) is 14.9. The molecule has 26 heavy (non-hydrogen) atoms. The SMILES string of the molecule is Cc1nc2ncnn2c(C)c1CCC(=O)N[C@H]1CCOc2ccccc21. The van der Waals surface area contributed by atoms with Gasteiger partial charge in [-0.15, -0.1) is 0 Å². The Hall–Kier alpha value is -2.96. The van der Waals surface area contributed by atoms with Gasteiger partial charge in [0.25, 0.3) is 5.78 Å². The molecule has 1 atom stereocenters. The van der Waals surface area contributed by atoms with Crippen molar-refractivity contribution >= 4 is 11.7 Å². The fourth-order valence-corrected chi connectivity index (χ4v) is 3.51. The van der Waals surface area contributed by atoms with Gasteiger partial charge in [0.1, 0.15) is 12.1 Å². The van der Waals surface area contributed by atoms with Crippen molar-refractivity contribution in [1.29, 1.82) is 0 Å². The Bertz CT molecular complexity index is 966. The highest BCUT2D eigenvalue weighted by atomic mass is 16.5. The van der Waals surface area contributed by atoms with Gasteiger partial charge in [0.05, 0.1) is 12.6 Å². The number of amides is 1. The van der Waals surface area contributed by atoms with Crippen LogP contribution in [0.2, 0.25) is 0 Å². The van der Waals surface area contributed by atoms with E-state index in [1.54, 1.807) is 4.52 Å². The van der Waals surface area contributed by atoms with E-state index in [0.29, 0.717) is 25.2 Å². The van der Waals surface area contributed by atoms with Crippen LogP contribution in [-0.2, 0) is 11.2 Å². The third kappa shape index (κ3) is 3.00. The summed E-state index contributed by atoms with van der Waals surface area (Å²) in [5, 5.41) is 7.34. The molecule has 0 aliphatic carbocycles. The normalized spacial score (nSPS) is 16.2. The molecule has 3 aromatic rings. The molecular formula is C19H21N5O2. The van der Waals surface area contributed by atoms with Crippen LogP contribution in [0.4, 0.5) is 0 Å². The van der Waals surface area contributed by atoms with Crippen molar-refractivity contribution in [2.45, 2.75) is 39.2 Å². The molecule has 1 amide bonds. The number of carbonyl (C=O) groups is 1. The standard InChI is InChI=1S/C19H21N5O2/c1-12-14(13(2)24-19(22-12)20-11-21-24)7-8-18(25)23-16-9-10-26-17-6-4-3-5-15(16)17/h3-6,11,16H,7-10H2,1-2H3,(H,23,25)/t16-/m0/s1. The van der Waals surface area contributed by atoms with Crippen molar-refractivity contribution in [1.82, 2.24) is 24.9 Å². The summed E-state index contributed by atoms with van der Waals surface area (Å²) in [7, 11) is 0. The molecule has 0 saturated heterocycles. The van der Waals surface area contributed by atoms with Crippen molar-refractivity contribution in [2.24, 2.45) is 0 Å². The molecule has 3 heterocycles. The molecule has 0 spiro atoms. The van der Waals surface area contributed by atoms with Crippen molar-refractivity contribution in [3.8, 4) is 5.75 Å². The minimum atomic E-state index is 0.00515. The van der Waals surface area contributed by atoms with Gasteiger partial charge in [0, 0.05) is 29.8 Å². The van der Waals surface area contributed by atoms with E-state index in [0.717, 1.165) is 34.7 Å². The lowest BCUT2D eigenvalue weighted by Gasteiger charge is -2.26. The monoisotopic (exact) mass is 351 g/mol. The summed E-state index contributed by atoms with van der Waals surface area (Å²) in [5.41, 5.74) is 3.97. The molecule has 1 N–H and O–H groups in total. The van der Waals surface area contributed by atoms with Crippen molar-refractivity contribution in [3.63, 3.8) is 0 Å². The van der Waals surface area contributed by atoms with Gasteiger partial charge in [-0.1, -0.05) is 18.2 Å². The molecule has 0 bridgehead atoms. The number of para-hydroxylation sites is 1. The average Bonchev–Trinajstić information content (AvgIpc) is 3.10. The third-order valence-electron chi connectivity index (χ3n) is 4.88. The molecule has 1 aliphatic rings. The molecule has 7 nitrogen and oxygen atoms in total. The number of rotatable bonds is 4. The molecule has 134 valence electrons. The maximum atomic E-state index is 12.5. The molecule has 0 radical (unpaired) electrons. The fraction of sp³-hybridized carbons (Fsp3) is 0.368. The number of hydrogen-bond acceptors (Lipinski definition) is 5. The van der Waals surface area contributed by atoms with E-state index < -0.39 is 0 Å². The molecule has 0 fully saturated rings. The number of benzene rings is 1. The van der Waals surface area contributed by atoms with E-state index in [9.17, 15) is 4.79 Å². The summed E-state index contributed by atoms with van der Waals surface area (Å²) in [6.07, 6.45) is 3.31. The number of aromatic nitrogens is 4. The van der Waals surface area contributed by atoms with Crippen LogP contribution in [0, 0.1) is 13.8 Å². The van der Waals surface area contributed by atoms with Gasteiger partial charge in [-0.3, -0.25) is 4.79 Å². The summed E-state index contributed by atoms with van der Waals surface area (Å²) in [6, 6.07) is 7.88. The summed E-state index contributed by atoms with van der Waals surface area (Å²) < 4.78 is 7.37. The van der Waals surface area contributed by atoms with Gasteiger partial charge < -0.3 is 10.1 Å². The van der Waals surface area contributed by atoms with Crippen molar-refractivity contribution in [2.75, 3.05) is 6.61 Å². The molecule has 1 aliphatic heterocycles. The lowest BCUT2D eigenvalue weighted by atomic mass is 10.00. The fourth-order valence-electron chi connectivity index (χ4n) is 3.51. The van der Waals surface area contributed by atoms with Crippen LogP contribution in [0.3, 0.4) is 0 Å². The second-order valence-electron chi connectivity index (χ2n) is 6.53. The van der Waals surface area contributed by atoms with Gasteiger partial charge in [0.2, 0.25) is 5.91 Å². The molecular weight excluding hydrogens is 330 g/mol. The number of ether oxygens (including phenoxy) is 1. The number of hydrogen-bond donors (Lipinski definition) is 1. The predicted molar refractivity (Wildman–Crippen MR) is 96.0 cm³/mol. The van der Waals surface area contributed by atoms with Crippen LogP contribution >= 0.6 is 0 Å². The van der Waals surface area contributed by atoms with Gasteiger partial charge in [-0.2, -0.15) is 10.1 Å². The van der Waals surface area contributed by atoms with E-state index in [-0.39, 0.29) is 11.9 Å². The zero-order chi connectivity index (χ0) is 18.1. The van der Waals surface area contributed by atoms with Gasteiger partial charge in [-0.25, -0.2) is 9.50 Å². The number of aryl methyl sites for hydroxylation is 2. The van der Waals surface area contributed by atoms with Crippen LogP contribution < -0.4 is 10.1 Å². The minimum absolute atomic E-state index is 0.00515. The van der Waals surface area contributed by atoms with E-state index in [4.69, 9.17) is 4.74 Å². The summed E-state index contributed by atoms with van der Waals surface area (Å²) in [4.78, 5) is 21.1. The molecule has 7 heteroatoms. The van der Waals surface area contributed by atoms with Crippen LogP contribution in [0.1, 0.15) is 41.4 Å². The van der Waals surface area contributed by atoms with E-state index in [2.05, 4.69) is 20.4 Å². The lowest BCUT2D eigenvalue weighted by Crippen LogP contribution is -2.32. The van der Waals surface area contributed by atoms with E-state index >= 15 is 0 Å². The van der Waals surface area contributed by atoms with Crippen LogP contribution in [0.25, 0.3) is 5.78 Å². The second-order valence-corrected chi connectivity index (χ2v) is 6.53. The highest BCUT2D eigenvalue weighted by Gasteiger charge is 2.22. The topological polar surface area (TPSA) is 81.4 Å². The van der Waals surface area contributed by atoms with Crippen molar-refractivity contribution in [3.05, 3.63) is 53.1 Å². The highest BCUT2D eigenvalue weighted by molar-refractivity contribution is 5.77. The quantitative estimate of drug-likeness (QED) is 0.780. The maximum Gasteiger partial charge on any atom is 0.252 e.